The van der Waals surface area contributed by atoms with Gasteiger partial charge in [0.25, 0.3) is 5.91 Å². The monoisotopic (exact) mass is 506 g/mol. The lowest BCUT2D eigenvalue weighted by molar-refractivity contribution is -0.0211. The largest absolute Gasteiger partial charge is 0.385 e. The van der Waals surface area contributed by atoms with Crippen LogP contribution in [-0.4, -0.2) is 38.8 Å². The Hall–Kier alpha value is -3.32. The fourth-order valence-corrected chi connectivity index (χ4v) is 4.76. The molecule has 1 fully saturated rings. The van der Waals surface area contributed by atoms with Gasteiger partial charge >= 0.3 is 0 Å². The summed E-state index contributed by atoms with van der Waals surface area (Å²) in [5.41, 5.74) is 8.99. The number of amides is 1. The van der Waals surface area contributed by atoms with Crippen LogP contribution in [0.1, 0.15) is 28.8 Å². The van der Waals surface area contributed by atoms with Crippen molar-refractivity contribution in [1.82, 2.24) is 14.7 Å². The van der Waals surface area contributed by atoms with Crippen LogP contribution in [0, 0.1) is 0 Å². The molecule has 35 heavy (non-hydrogen) atoms. The summed E-state index contributed by atoms with van der Waals surface area (Å²) in [6, 6.07) is 23.7. The van der Waals surface area contributed by atoms with Crippen molar-refractivity contribution >= 4 is 34.9 Å². The summed E-state index contributed by atoms with van der Waals surface area (Å²) in [4.78, 5) is 14.9. The molecular weight excluding hydrogens is 483 g/mol. The van der Waals surface area contributed by atoms with E-state index >= 15 is 0 Å². The first-order chi connectivity index (χ1) is 16.8. The number of piperidine rings is 1. The van der Waals surface area contributed by atoms with E-state index in [1.54, 1.807) is 39.9 Å². The van der Waals surface area contributed by atoms with Gasteiger partial charge in [-0.3, -0.25) is 4.79 Å². The molecule has 1 aromatic heterocycles. The smallest absolute Gasteiger partial charge is 0.253 e. The van der Waals surface area contributed by atoms with Crippen LogP contribution in [0.25, 0.3) is 16.9 Å². The Balaban J connectivity index is 1.28. The fourth-order valence-electron chi connectivity index (χ4n) is 4.45. The van der Waals surface area contributed by atoms with Crippen LogP contribution in [0.4, 0.5) is 5.82 Å². The predicted molar refractivity (Wildman–Crippen MR) is 139 cm³/mol. The summed E-state index contributed by atoms with van der Waals surface area (Å²) >= 11 is 12.1. The Morgan fingerprint density at radius 1 is 0.914 bits per heavy atom. The molecule has 0 spiro atoms. The Kier molecular flexibility index (Phi) is 6.28. The third-order valence-corrected chi connectivity index (χ3v) is 6.96. The first-order valence-electron chi connectivity index (χ1n) is 11.3. The van der Waals surface area contributed by atoms with E-state index in [1.165, 1.54) is 0 Å². The SMILES string of the molecule is Nc1cc(-c2cccc(Cl)c2)nn1-c1ccc(C(=O)N2CCC(O)(c3ccc(Cl)cc3)CC2)cc1. The first kappa shape index (κ1) is 23.4. The number of carbonyl (C=O) groups is 1. The van der Waals surface area contributed by atoms with Crippen molar-refractivity contribution in [3.63, 3.8) is 0 Å². The molecule has 3 aromatic carbocycles. The number of halogens is 2. The molecule has 0 aliphatic carbocycles. The zero-order chi connectivity index (χ0) is 24.6. The van der Waals surface area contributed by atoms with Gasteiger partial charge in [0.05, 0.1) is 17.0 Å². The number of hydrogen-bond donors (Lipinski definition) is 2. The summed E-state index contributed by atoms with van der Waals surface area (Å²) in [6.45, 7) is 0.934. The lowest BCUT2D eigenvalue weighted by Crippen LogP contribution is -2.45. The number of nitrogens with two attached hydrogens (primary N) is 1. The van der Waals surface area contributed by atoms with Gasteiger partial charge < -0.3 is 15.7 Å². The van der Waals surface area contributed by atoms with Crippen molar-refractivity contribution in [3.05, 3.63) is 100 Å². The van der Waals surface area contributed by atoms with Gasteiger partial charge in [0.2, 0.25) is 0 Å². The highest BCUT2D eigenvalue weighted by atomic mass is 35.5. The lowest BCUT2D eigenvalue weighted by Gasteiger charge is -2.38. The molecule has 8 heteroatoms. The number of nitrogens with zero attached hydrogens (tertiary/aromatic N) is 3. The number of anilines is 1. The molecule has 178 valence electrons. The number of likely N-dealkylation sites (tertiary alicyclic amines) is 1. The van der Waals surface area contributed by atoms with E-state index in [2.05, 4.69) is 5.10 Å². The minimum Gasteiger partial charge on any atom is -0.385 e. The summed E-state index contributed by atoms with van der Waals surface area (Å²) in [5.74, 6) is 0.416. The van der Waals surface area contributed by atoms with Crippen LogP contribution in [0.3, 0.4) is 0 Å². The summed E-state index contributed by atoms with van der Waals surface area (Å²) < 4.78 is 1.64. The number of hydrogen-bond acceptors (Lipinski definition) is 4. The normalized spacial score (nSPS) is 15.2. The molecule has 5 rings (SSSR count). The van der Waals surface area contributed by atoms with Gasteiger partial charge in [-0.05, 0) is 66.9 Å². The number of aliphatic hydroxyl groups is 1. The molecular formula is C27H24Cl2N4O2. The van der Waals surface area contributed by atoms with Crippen molar-refractivity contribution in [1.29, 1.82) is 0 Å². The minimum absolute atomic E-state index is 0.0669. The minimum atomic E-state index is -0.955. The van der Waals surface area contributed by atoms with Gasteiger partial charge in [-0.1, -0.05) is 47.5 Å². The average Bonchev–Trinajstić information content (AvgIpc) is 3.26. The van der Waals surface area contributed by atoms with E-state index in [0.29, 0.717) is 53.1 Å². The second-order valence-electron chi connectivity index (χ2n) is 8.75. The fraction of sp³-hybridized carbons (Fsp3) is 0.185. The number of carbonyl (C=O) groups excluding carboxylic acids is 1. The number of nitrogen functional groups attached to an aromatic ring is 1. The second-order valence-corrected chi connectivity index (χ2v) is 9.63. The highest BCUT2D eigenvalue weighted by Crippen LogP contribution is 2.34. The Morgan fingerprint density at radius 2 is 1.60 bits per heavy atom. The molecule has 0 radical (unpaired) electrons. The third kappa shape index (κ3) is 4.78. The van der Waals surface area contributed by atoms with Gasteiger partial charge in [0, 0.05) is 40.3 Å². The molecule has 0 saturated carbocycles. The molecule has 1 aliphatic rings. The van der Waals surface area contributed by atoms with Crippen LogP contribution in [-0.2, 0) is 5.60 Å². The molecule has 4 aromatic rings. The van der Waals surface area contributed by atoms with Crippen molar-refractivity contribution in [2.75, 3.05) is 18.8 Å². The lowest BCUT2D eigenvalue weighted by atomic mass is 9.84. The molecule has 6 nitrogen and oxygen atoms in total. The molecule has 1 aliphatic heterocycles. The highest BCUT2D eigenvalue weighted by molar-refractivity contribution is 6.31. The molecule has 0 unspecified atom stereocenters. The molecule has 2 heterocycles. The molecule has 0 atom stereocenters. The zero-order valence-corrected chi connectivity index (χ0v) is 20.4. The van der Waals surface area contributed by atoms with Crippen molar-refractivity contribution in [2.45, 2.75) is 18.4 Å². The quantitative estimate of drug-likeness (QED) is 0.379. The van der Waals surface area contributed by atoms with Crippen molar-refractivity contribution in [2.24, 2.45) is 0 Å². The predicted octanol–water partition coefficient (Wildman–Crippen LogP) is 5.55. The van der Waals surface area contributed by atoms with Crippen LogP contribution in [0.15, 0.2) is 78.9 Å². The summed E-state index contributed by atoms with van der Waals surface area (Å²) in [6.07, 6.45) is 0.934. The van der Waals surface area contributed by atoms with Gasteiger partial charge in [-0.2, -0.15) is 5.10 Å². The topological polar surface area (TPSA) is 84.4 Å². The molecule has 1 saturated heterocycles. The van der Waals surface area contributed by atoms with Crippen LogP contribution >= 0.6 is 23.2 Å². The van der Waals surface area contributed by atoms with Crippen LogP contribution in [0.2, 0.25) is 10.0 Å². The average molecular weight is 507 g/mol. The number of aromatic nitrogens is 2. The number of benzene rings is 3. The standard InChI is InChI=1S/C27H24Cl2N4O2/c28-21-8-6-20(7-9-21)27(35)12-14-32(15-13-27)26(34)18-4-10-23(11-5-18)33-25(30)17-24(31-33)19-2-1-3-22(29)16-19/h1-11,16-17,35H,12-15,30H2. The maximum absolute atomic E-state index is 13.1. The molecule has 3 N–H and O–H groups in total. The first-order valence-corrected chi connectivity index (χ1v) is 12.1. The Morgan fingerprint density at radius 3 is 2.26 bits per heavy atom. The zero-order valence-electron chi connectivity index (χ0n) is 18.9. The van der Waals surface area contributed by atoms with E-state index < -0.39 is 5.60 Å². The van der Waals surface area contributed by atoms with E-state index in [-0.39, 0.29) is 5.91 Å². The summed E-state index contributed by atoms with van der Waals surface area (Å²) in [7, 11) is 0. The molecule has 0 bridgehead atoms. The van der Waals surface area contributed by atoms with E-state index in [4.69, 9.17) is 28.9 Å². The Bertz CT molecular complexity index is 1360. The maximum Gasteiger partial charge on any atom is 0.253 e. The van der Waals surface area contributed by atoms with Gasteiger partial charge in [0.1, 0.15) is 5.82 Å². The van der Waals surface area contributed by atoms with Gasteiger partial charge in [0.15, 0.2) is 0 Å². The van der Waals surface area contributed by atoms with Crippen molar-refractivity contribution in [3.8, 4) is 16.9 Å². The number of rotatable bonds is 4. The van der Waals surface area contributed by atoms with Crippen LogP contribution < -0.4 is 5.73 Å². The summed E-state index contributed by atoms with van der Waals surface area (Å²) in [5, 5.41) is 16.9. The van der Waals surface area contributed by atoms with Gasteiger partial charge in [-0.15, -0.1) is 0 Å². The third-order valence-electron chi connectivity index (χ3n) is 6.48. The highest BCUT2D eigenvalue weighted by Gasteiger charge is 2.35. The second kappa shape index (κ2) is 9.38. The van der Waals surface area contributed by atoms with Crippen molar-refractivity contribution < 1.29 is 9.90 Å². The maximum atomic E-state index is 13.1. The van der Waals surface area contributed by atoms with E-state index in [9.17, 15) is 9.90 Å². The van der Waals surface area contributed by atoms with E-state index in [0.717, 1.165) is 16.8 Å². The van der Waals surface area contributed by atoms with E-state index in [1.807, 2.05) is 48.5 Å². The Labute approximate surface area is 213 Å². The van der Waals surface area contributed by atoms with Crippen LogP contribution in [0.5, 0.6) is 0 Å². The molecule has 1 amide bonds. The van der Waals surface area contributed by atoms with Gasteiger partial charge in [-0.25, -0.2) is 4.68 Å².